The van der Waals surface area contributed by atoms with Crippen LogP contribution < -0.4 is 4.74 Å². The summed E-state index contributed by atoms with van der Waals surface area (Å²) in [6.07, 6.45) is 4.97. The predicted octanol–water partition coefficient (Wildman–Crippen LogP) is 5.42. The first-order chi connectivity index (χ1) is 13.2. The molecule has 1 heterocycles. The van der Waals surface area contributed by atoms with Crippen LogP contribution in [0.15, 0.2) is 60.9 Å². The highest BCUT2D eigenvalue weighted by molar-refractivity contribution is 5.64. The van der Waals surface area contributed by atoms with Gasteiger partial charge in [0, 0.05) is 23.5 Å². The van der Waals surface area contributed by atoms with E-state index in [0.29, 0.717) is 18.0 Å². The van der Waals surface area contributed by atoms with Crippen molar-refractivity contribution in [2.45, 2.75) is 32.4 Å². The lowest BCUT2D eigenvalue weighted by Gasteiger charge is -2.10. The summed E-state index contributed by atoms with van der Waals surface area (Å²) >= 11 is 0. The Balaban J connectivity index is 1.62. The molecule has 0 aliphatic heterocycles. The molecule has 0 saturated heterocycles. The van der Waals surface area contributed by atoms with E-state index in [1.54, 1.807) is 36.7 Å². The maximum Gasteiger partial charge on any atom is 0.159 e. The number of nitrogens with zero attached hydrogens (tertiary/aromatic N) is 2. The van der Waals surface area contributed by atoms with Gasteiger partial charge in [-0.15, -0.1) is 0 Å². The summed E-state index contributed by atoms with van der Waals surface area (Å²) in [5, 5.41) is 9.36. The normalized spacial score (nSPS) is 11.9. The van der Waals surface area contributed by atoms with Gasteiger partial charge >= 0.3 is 0 Å². The SMILES string of the molecule is CCCC[C@H](F)COc1ccc(-c2ncc(-c3ccc(O)cc3)cn2)cc1. The maximum atomic E-state index is 13.7. The Hall–Kier alpha value is -2.95. The van der Waals surface area contributed by atoms with E-state index in [4.69, 9.17) is 4.74 Å². The van der Waals surface area contributed by atoms with Crippen molar-refractivity contribution in [1.82, 2.24) is 9.97 Å². The molecule has 4 nitrogen and oxygen atoms in total. The lowest BCUT2D eigenvalue weighted by molar-refractivity contribution is 0.184. The van der Waals surface area contributed by atoms with Gasteiger partial charge in [0.05, 0.1) is 0 Å². The minimum atomic E-state index is -0.930. The number of unbranched alkanes of at least 4 members (excludes halogenated alkanes) is 1. The molecule has 0 saturated carbocycles. The molecule has 140 valence electrons. The number of ether oxygens (including phenoxy) is 1. The van der Waals surface area contributed by atoms with Crippen molar-refractivity contribution < 1.29 is 14.2 Å². The minimum absolute atomic E-state index is 0.0805. The Labute approximate surface area is 158 Å². The molecule has 2 aromatic carbocycles. The molecule has 1 atom stereocenters. The van der Waals surface area contributed by atoms with Crippen LogP contribution in [-0.4, -0.2) is 27.9 Å². The van der Waals surface area contributed by atoms with Crippen LogP contribution in [-0.2, 0) is 0 Å². The average Bonchev–Trinajstić information content (AvgIpc) is 2.72. The van der Waals surface area contributed by atoms with Crippen LogP contribution in [0.3, 0.4) is 0 Å². The lowest BCUT2D eigenvalue weighted by Crippen LogP contribution is -2.12. The van der Waals surface area contributed by atoms with Gasteiger partial charge in [-0.25, -0.2) is 14.4 Å². The summed E-state index contributed by atoms with van der Waals surface area (Å²) in [4.78, 5) is 8.82. The van der Waals surface area contributed by atoms with Crippen LogP contribution in [0.5, 0.6) is 11.5 Å². The summed E-state index contributed by atoms with van der Waals surface area (Å²) in [5.41, 5.74) is 2.68. The number of phenols is 1. The molecule has 0 amide bonds. The number of aromatic nitrogens is 2. The maximum absolute atomic E-state index is 13.7. The highest BCUT2D eigenvalue weighted by atomic mass is 19.1. The molecular formula is C22H23FN2O2. The van der Waals surface area contributed by atoms with Crippen LogP contribution in [0.4, 0.5) is 4.39 Å². The van der Waals surface area contributed by atoms with E-state index in [0.717, 1.165) is 29.5 Å². The number of alkyl halides is 1. The minimum Gasteiger partial charge on any atom is -0.508 e. The molecular weight excluding hydrogens is 343 g/mol. The lowest BCUT2D eigenvalue weighted by atomic mass is 10.1. The third kappa shape index (κ3) is 5.26. The average molecular weight is 366 g/mol. The molecule has 3 aromatic rings. The molecule has 1 aromatic heterocycles. The quantitative estimate of drug-likeness (QED) is 0.578. The second kappa shape index (κ2) is 9.12. The van der Waals surface area contributed by atoms with Crippen molar-refractivity contribution in [3.8, 4) is 34.0 Å². The Bertz CT molecular complexity index is 834. The molecule has 0 spiro atoms. The van der Waals surface area contributed by atoms with E-state index in [1.165, 1.54) is 0 Å². The van der Waals surface area contributed by atoms with Gasteiger partial charge in [0.2, 0.25) is 0 Å². The predicted molar refractivity (Wildman–Crippen MR) is 104 cm³/mol. The highest BCUT2D eigenvalue weighted by Crippen LogP contribution is 2.23. The van der Waals surface area contributed by atoms with Crippen LogP contribution in [0.1, 0.15) is 26.2 Å². The van der Waals surface area contributed by atoms with E-state index in [9.17, 15) is 9.50 Å². The van der Waals surface area contributed by atoms with Gasteiger partial charge in [-0.05, 0) is 48.4 Å². The van der Waals surface area contributed by atoms with E-state index in [-0.39, 0.29) is 12.4 Å². The molecule has 3 rings (SSSR count). The molecule has 27 heavy (non-hydrogen) atoms. The van der Waals surface area contributed by atoms with Gasteiger partial charge in [0.25, 0.3) is 0 Å². The van der Waals surface area contributed by atoms with Crippen molar-refractivity contribution in [2.24, 2.45) is 0 Å². The van der Waals surface area contributed by atoms with Crippen molar-refractivity contribution in [1.29, 1.82) is 0 Å². The number of benzene rings is 2. The fraction of sp³-hybridized carbons (Fsp3) is 0.273. The molecule has 0 radical (unpaired) electrons. The van der Waals surface area contributed by atoms with Gasteiger partial charge in [-0.2, -0.15) is 0 Å². The zero-order valence-corrected chi connectivity index (χ0v) is 15.3. The first-order valence-electron chi connectivity index (χ1n) is 9.14. The van der Waals surface area contributed by atoms with Crippen LogP contribution in [0, 0.1) is 0 Å². The second-order valence-electron chi connectivity index (χ2n) is 6.42. The monoisotopic (exact) mass is 366 g/mol. The summed E-state index contributed by atoms with van der Waals surface area (Å²) in [7, 11) is 0. The van der Waals surface area contributed by atoms with Gasteiger partial charge < -0.3 is 9.84 Å². The summed E-state index contributed by atoms with van der Waals surface area (Å²) < 4.78 is 19.2. The molecule has 5 heteroatoms. The summed E-state index contributed by atoms with van der Waals surface area (Å²) in [5.74, 6) is 1.47. The van der Waals surface area contributed by atoms with Crippen molar-refractivity contribution in [3.63, 3.8) is 0 Å². The van der Waals surface area contributed by atoms with Crippen molar-refractivity contribution in [2.75, 3.05) is 6.61 Å². The zero-order valence-electron chi connectivity index (χ0n) is 15.3. The van der Waals surface area contributed by atoms with Crippen LogP contribution in [0.2, 0.25) is 0 Å². The molecule has 0 unspecified atom stereocenters. The largest absolute Gasteiger partial charge is 0.508 e. The Morgan fingerprint density at radius 1 is 0.926 bits per heavy atom. The van der Waals surface area contributed by atoms with Crippen molar-refractivity contribution >= 4 is 0 Å². The van der Waals surface area contributed by atoms with Gasteiger partial charge in [0.1, 0.15) is 24.3 Å². The smallest absolute Gasteiger partial charge is 0.159 e. The van der Waals surface area contributed by atoms with E-state index >= 15 is 0 Å². The Morgan fingerprint density at radius 2 is 1.56 bits per heavy atom. The Kier molecular flexibility index (Phi) is 6.36. The van der Waals surface area contributed by atoms with Gasteiger partial charge in [-0.1, -0.05) is 31.9 Å². The zero-order chi connectivity index (χ0) is 19.1. The van der Waals surface area contributed by atoms with E-state index in [2.05, 4.69) is 9.97 Å². The number of aromatic hydroxyl groups is 1. The summed E-state index contributed by atoms with van der Waals surface area (Å²) in [6.45, 7) is 2.13. The second-order valence-corrected chi connectivity index (χ2v) is 6.42. The first kappa shape index (κ1) is 18.8. The highest BCUT2D eigenvalue weighted by Gasteiger charge is 2.08. The number of phenolic OH excluding ortho intramolecular Hbond substituents is 1. The van der Waals surface area contributed by atoms with E-state index < -0.39 is 6.17 Å². The molecule has 0 aliphatic rings. The third-order valence-corrected chi connectivity index (χ3v) is 4.27. The molecule has 0 aliphatic carbocycles. The van der Waals surface area contributed by atoms with E-state index in [1.807, 2.05) is 31.2 Å². The number of hydrogen-bond donors (Lipinski definition) is 1. The van der Waals surface area contributed by atoms with Gasteiger partial charge in [0.15, 0.2) is 5.82 Å². The standard InChI is InChI=1S/C22H23FN2O2/c1-2-3-4-19(23)15-27-21-11-7-17(8-12-21)22-24-13-18(14-25-22)16-5-9-20(26)10-6-16/h5-14,19,26H,2-4,15H2,1H3/t19-/m0/s1. The van der Waals surface area contributed by atoms with Gasteiger partial charge in [-0.3, -0.25) is 0 Å². The topological polar surface area (TPSA) is 55.2 Å². The molecule has 0 fully saturated rings. The summed E-state index contributed by atoms with van der Waals surface area (Å²) in [6, 6.07) is 14.2. The molecule has 1 N–H and O–H groups in total. The first-order valence-corrected chi connectivity index (χ1v) is 9.14. The van der Waals surface area contributed by atoms with Crippen LogP contribution >= 0.6 is 0 Å². The third-order valence-electron chi connectivity index (χ3n) is 4.27. The number of halogens is 1. The van der Waals surface area contributed by atoms with Crippen molar-refractivity contribution in [3.05, 3.63) is 60.9 Å². The van der Waals surface area contributed by atoms with Crippen LogP contribution in [0.25, 0.3) is 22.5 Å². The fourth-order valence-corrected chi connectivity index (χ4v) is 2.68. The fourth-order valence-electron chi connectivity index (χ4n) is 2.68. The number of rotatable bonds is 8. The number of hydrogen-bond acceptors (Lipinski definition) is 4. The molecule has 0 bridgehead atoms. The Morgan fingerprint density at radius 3 is 2.19 bits per heavy atom.